The Balaban J connectivity index is 1.59. The molecule has 0 aliphatic carbocycles. The van der Waals surface area contributed by atoms with E-state index in [-0.39, 0.29) is 11.2 Å². The van der Waals surface area contributed by atoms with Crippen LogP contribution in [-0.4, -0.2) is 33.0 Å². The van der Waals surface area contributed by atoms with Crippen molar-refractivity contribution in [3.63, 3.8) is 0 Å². The molecule has 0 fully saturated rings. The van der Waals surface area contributed by atoms with Gasteiger partial charge in [0.2, 0.25) is 5.78 Å². The van der Waals surface area contributed by atoms with Crippen LogP contribution in [0.3, 0.4) is 0 Å². The van der Waals surface area contributed by atoms with Crippen LogP contribution in [0.4, 0.5) is 0 Å². The molecular weight excluding hydrogens is 452 g/mol. The van der Waals surface area contributed by atoms with Crippen LogP contribution in [0.5, 0.6) is 11.5 Å². The van der Waals surface area contributed by atoms with Crippen molar-refractivity contribution < 1.29 is 9.47 Å². The van der Waals surface area contributed by atoms with E-state index in [0.29, 0.717) is 47.0 Å². The Morgan fingerprint density at radius 3 is 2.56 bits per heavy atom. The summed E-state index contributed by atoms with van der Waals surface area (Å²) in [6, 6.07) is 15.4. The molecule has 2 aromatic carbocycles. The molecule has 5 aromatic rings. The van der Waals surface area contributed by atoms with Crippen molar-refractivity contribution >= 4 is 27.3 Å². The first kappa shape index (κ1) is 22.0. The Bertz CT molecular complexity index is 1630. The molecule has 0 aliphatic heterocycles. The van der Waals surface area contributed by atoms with Gasteiger partial charge in [-0.1, -0.05) is 35.9 Å². The van der Waals surface area contributed by atoms with Gasteiger partial charge in [-0.15, -0.1) is 16.4 Å². The quantitative estimate of drug-likeness (QED) is 0.359. The number of benzene rings is 2. The van der Waals surface area contributed by atoms with Crippen LogP contribution < -0.4 is 20.7 Å². The lowest BCUT2D eigenvalue weighted by Crippen LogP contribution is -2.26. The van der Waals surface area contributed by atoms with Crippen LogP contribution in [0, 0.1) is 6.92 Å². The van der Waals surface area contributed by atoms with E-state index in [9.17, 15) is 9.59 Å². The number of aromatic nitrogens is 4. The van der Waals surface area contributed by atoms with Crippen molar-refractivity contribution in [2.45, 2.75) is 26.4 Å². The summed E-state index contributed by atoms with van der Waals surface area (Å²) >= 11 is 1.33. The Kier molecular flexibility index (Phi) is 5.70. The first-order chi connectivity index (χ1) is 16.5. The monoisotopic (exact) mass is 476 g/mol. The predicted molar refractivity (Wildman–Crippen MR) is 133 cm³/mol. The van der Waals surface area contributed by atoms with E-state index in [0.717, 1.165) is 16.7 Å². The van der Waals surface area contributed by atoms with Crippen LogP contribution in [0.2, 0.25) is 0 Å². The predicted octanol–water partition coefficient (Wildman–Crippen LogP) is 3.49. The lowest BCUT2D eigenvalue weighted by Gasteiger charge is -2.11. The molecule has 34 heavy (non-hydrogen) atoms. The Morgan fingerprint density at radius 2 is 1.79 bits per heavy atom. The van der Waals surface area contributed by atoms with Crippen molar-refractivity contribution in [2.75, 3.05) is 14.2 Å². The minimum absolute atomic E-state index is 0.148. The molecule has 9 heteroatoms. The fourth-order valence-corrected chi connectivity index (χ4v) is 5.02. The maximum atomic E-state index is 13.3. The third kappa shape index (κ3) is 3.77. The van der Waals surface area contributed by atoms with Gasteiger partial charge in [0.05, 0.1) is 26.3 Å². The van der Waals surface area contributed by atoms with E-state index in [1.165, 1.54) is 20.4 Å². The molecule has 0 unspecified atom stereocenters. The molecule has 8 nitrogen and oxygen atoms in total. The van der Waals surface area contributed by atoms with Crippen molar-refractivity contribution in [1.29, 1.82) is 0 Å². The molecule has 0 saturated carbocycles. The van der Waals surface area contributed by atoms with E-state index in [4.69, 9.17) is 9.47 Å². The summed E-state index contributed by atoms with van der Waals surface area (Å²) in [5.41, 5.74) is 3.25. The van der Waals surface area contributed by atoms with Gasteiger partial charge in [0.1, 0.15) is 4.70 Å². The summed E-state index contributed by atoms with van der Waals surface area (Å²) in [5, 5.41) is 6.42. The Hall–Kier alpha value is -3.85. The summed E-state index contributed by atoms with van der Waals surface area (Å²) < 4.78 is 15.8. The fourth-order valence-electron chi connectivity index (χ4n) is 4.20. The number of aryl methyl sites for hydroxylation is 3. The normalized spacial score (nSPS) is 11.4. The van der Waals surface area contributed by atoms with Crippen molar-refractivity contribution in [2.24, 2.45) is 0 Å². The topological polar surface area (TPSA) is 79.8 Å². The molecule has 0 atom stereocenters. The highest BCUT2D eigenvalue weighted by Crippen LogP contribution is 2.28. The zero-order valence-corrected chi connectivity index (χ0v) is 20.0. The third-order valence-electron chi connectivity index (χ3n) is 5.88. The average Bonchev–Trinajstić information content (AvgIpc) is 3.44. The van der Waals surface area contributed by atoms with Gasteiger partial charge >= 0.3 is 5.69 Å². The SMILES string of the molecule is COc1ccc(CCn2c(=O)c3sccc3n3c(=O)n(Cc4cccc(C)c4)nc23)cc1OC. The number of thiophene rings is 1. The van der Waals surface area contributed by atoms with Gasteiger partial charge < -0.3 is 9.47 Å². The molecule has 0 radical (unpaired) electrons. The molecule has 0 bridgehead atoms. The highest BCUT2D eigenvalue weighted by molar-refractivity contribution is 7.17. The van der Waals surface area contributed by atoms with E-state index in [1.54, 1.807) is 24.9 Å². The van der Waals surface area contributed by atoms with Gasteiger partial charge in [-0.3, -0.25) is 9.36 Å². The molecule has 0 N–H and O–H groups in total. The highest BCUT2D eigenvalue weighted by Gasteiger charge is 2.18. The van der Waals surface area contributed by atoms with E-state index in [1.807, 2.05) is 54.8 Å². The number of hydrogen-bond acceptors (Lipinski definition) is 6. The zero-order chi connectivity index (χ0) is 23.8. The summed E-state index contributed by atoms with van der Waals surface area (Å²) in [6.07, 6.45) is 0.561. The van der Waals surface area contributed by atoms with Crippen LogP contribution in [-0.2, 0) is 19.5 Å². The van der Waals surface area contributed by atoms with Crippen LogP contribution >= 0.6 is 11.3 Å². The number of fused-ring (bicyclic) bond motifs is 3. The van der Waals surface area contributed by atoms with Gasteiger partial charge in [-0.25, -0.2) is 13.9 Å². The van der Waals surface area contributed by atoms with Gasteiger partial charge in [-0.05, 0) is 48.1 Å². The number of rotatable bonds is 7. The first-order valence-electron chi connectivity index (χ1n) is 10.9. The Labute approximate surface area is 199 Å². The minimum atomic E-state index is -0.264. The molecule has 0 spiro atoms. The second kappa shape index (κ2) is 8.83. The fraction of sp³-hybridized carbons (Fsp3) is 0.240. The van der Waals surface area contributed by atoms with Crippen LogP contribution in [0.15, 0.2) is 63.5 Å². The molecular formula is C25H24N4O4S. The second-order valence-electron chi connectivity index (χ2n) is 8.10. The minimum Gasteiger partial charge on any atom is -0.493 e. The lowest BCUT2D eigenvalue weighted by atomic mass is 10.1. The summed E-state index contributed by atoms with van der Waals surface area (Å²) in [7, 11) is 3.18. The smallest absolute Gasteiger partial charge is 0.352 e. The maximum Gasteiger partial charge on any atom is 0.352 e. The average molecular weight is 477 g/mol. The lowest BCUT2D eigenvalue weighted by molar-refractivity contribution is 0.354. The maximum absolute atomic E-state index is 13.3. The number of nitrogens with zero attached hydrogens (tertiary/aromatic N) is 4. The molecule has 3 aromatic heterocycles. The molecule has 0 aliphatic rings. The summed E-state index contributed by atoms with van der Waals surface area (Å²) in [5.74, 6) is 1.62. The van der Waals surface area contributed by atoms with Gasteiger partial charge in [-0.2, -0.15) is 0 Å². The van der Waals surface area contributed by atoms with Crippen molar-refractivity contribution in [3.8, 4) is 11.5 Å². The van der Waals surface area contributed by atoms with Crippen LogP contribution in [0.1, 0.15) is 16.7 Å². The molecule has 174 valence electrons. The first-order valence-corrected chi connectivity index (χ1v) is 11.7. The molecule has 3 heterocycles. The third-order valence-corrected chi connectivity index (χ3v) is 6.77. The highest BCUT2D eigenvalue weighted by atomic mass is 32.1. The largest absolute Gasteiger partial charge is 0.493 e. The van der Waals surface area contributed by atoms with E-state index >= 15 is 0 Å². The Morgan fingerprint density at radius 1 is 0.971 bits per heavy atom. The molecule has 0 saturated heterocycles. The van der Waals surface area contributed by atoms with E-state index in [2.05, 4.69) is 5.10 Å². The van der Waals surface area contributed by atoms with Gasteiger partial charge in [0.15, 0.2) is 11.5 Å². The number of ether oxygens (including phenoxy) is 2. The van der Waals surface area contributed by atoms with Gasteiger partial charge in [0, 0.05) is 6.54 Å². The molecule has 5 rings (SSSR count). The van der Waals surface area contributed by atoms with E-state index < -0.39 is 0 Å². The number of methoxy groups -OCH3 is 2. The summed E-state index contributed by atoms with van der Waals surface area (Å²) in [6.45, 7) is 2.71. The second-order valence-corrected chi connectivity index (χ2v) is 9.01. The molecule has 0 amide bonds. The van der Waals surface area contributed by atoms with Gasteiger partial charge in [0.25, 0.3) is 5.56 Å². The number of hydrogen-bond donors (Lipinski definition) is 0. The summed E-state index contributed by atoms with van der Waals surface area (Å²) in [4.78, 5) is 26.7. The van der Waals surface area contributed by atoms with Crippen molar-refractivity contribution in [1.82, 2.24) is 18.7 Å². The van der Waals surface area contributed by atoms with Crippen LogP contribution in [0.25, 0.3) is 16.0 Å². The zero-order valence-electron chi connectivity index (χ0n) is 19.1. The van der Waals surface area contributed by atoms with Crippen molar-refractivity contribution in [3.05, 3.63) is 91.4 Å². The standard InChI is InChI=1S/C25H24N4O4S/c1-16-5-4-6-18(13-16)15-28-25(31)29-19-10-12-34-22(19)23(30)27(24(29)26-28)11-9-17-7-8-20(32-2)21(14-17)33-3/h4-8,10,12-14H,9,11,15H2,1-3H3.